The first-order chi connectivity index (χ1) is 22.1. The Morgan fingerprint density at radius 3 is 2.70 bits per heavy atom. The van der Waals surface area contributed by atoms with E-state index in [9.17, 15) is 23.1 Å². The third kappa shape index (κ3) is 7.88. The van der Waals surface area contributed by atoms with Gasteiger partial charge in [-0.15, -0.1) is 0 Å². The number of nitrogens with one attached hydrogen (secondary N) is 3. The van der Waals surface area contributed by atoms with Crippen molar-refractivity contribution in [3.05, 3.63) is 65.9 Å². The van der Waals surface area contributed by atoms with E-state index in [-0.39, 0.29) is 61.6 Å². The predicted octanol–water partition coefficient (Wildman–Crippen LogP) is 1.67. The molecule has 5 N–H and O–H groups in total. The number of fused-ring (bicyclic) bond motifs is 2. The van der Waals surface area contributed by atoms with E-state index in [0.717, 1.165) is 5.56 Å². The molecule has 0 spiro atoms. The lowest BCUT2D eigenvalue weighted by Gasteiger charge is -2.31. The second-order valence-corrected chi connectivity index (χ2v) is 14.0. The Kier molecular flexibility index (Phi) is 11.0. The summed E-state index contributed by atoms with van der Waals surface area (Å²) in [7, 11) is -4.17. The van der Waals surface area contributed by atoms with Gasteiger partial charge in [0.2, 0.25) is 10.0 Å². The minimum Gasteiger partial charge on any atom is -0.443 e. The molecule has 3 aliphatic rings. The van der Waals surface area contributed by atoms with Crippen molar-refractivity contribution in [2.24, 2.45) is 11.8 Å². The van der Waals surface area contributed by atoms with Gasteiger partial charge in [0.15, 0.2) is 6.29 Å². The third-order valence-electron chi connectivity index (χ3n) is 8.18. The van der Waals surface area contributed by atoms with Gasteiger partial charge in [0, 0.05) is 37.1 Å². The van der Waals surface area contributed by atoms with Crippen LogP contribution in [0.3, 0.4) is 0 Å². The number of hydrogen-bond acceptors (Lipinski definition) is 10. The number of nitrogens with zero attached hydrogens (tertiary/aromatic N) is 1. The van der Waals surface area contributed by atoms with E-state index >= 15 is 0 Å². The molecule has 3 aliphatic heterocycles. The smallest absolute Gasteiger partial charge is 0.407 e. The van der Waals surface area contributed by atoms with E-state index in [1.807, 2.05) is 44.2 Å². The van der Waals surface area contributed by atoms with Crippen molar-refractivity contribution in [1.29, 1.82) is 0 Å². The van der Waals surface area contributed by atoms with Crippen LogP contribution in [0, 0.1) is 11.8 Å². The Hall–Kier alpha value is -3.53. The maximum atomic E-state index is 14.1. The number of hydrogen-bond donors (Lipinski definition) is 5. The predicted molar refractivity (Wildman–Crippen MR) is 169 cm³/mol. The average Bonchev–Trinajstić information content (AvgIpc) is 3.72. The number of aliphatic hydroxyl groups excluding tert-OH is 2. The van der Waals surface area contributed by atoms with Gasteiger partial charge in [0.1, 0.15) is 6.10 Å². The van der Waals surface area contributed by atoms with Gasteiger partial charge in [-0.3, -0.25) is 4.79 Å². The normalized spacial score (nSPS) is 22.9. The fourth-order valence-electron chi connectivity index (χ4n) is 5.89. The van der Waals surface area contributed by atoms with Gasteiger partial charge in [0.05, 0.1) is 48.4 Å². The van der Waals surface area contributed by atoms with Crippen LogP contribution in [0.2, 0.25) is 0 Å². The standard InChI is InChI=1S/C32H42N4O9S/c1-20(2)17-36(46(41,42)22-8-9-26-24(15-22)25(30(39)34-26)16-33-11-12-37)18-28(38)27(14-21-6-4-3-5-7-21)35-32(40)45-29-19-44-31-23(29)10-13-43-31/h3-9,15-16,20,23,27-29,31,33,37-38H,10-14,17-19H2,1-2H3,(H,34,39)(H,35,40). The summed E-state index contributed by atoms with van der Waals surface area (Å²) in [6, 6.07) is 12.8. The molecule has 3 heterocycles. The zero-order chi connectivity index (χ0) is 32.8. The highest BCUT2D eigenvalue weighted by molar-refractivity contribution is 7.89. The van der Waals surface area contributed by atoms with Crippen LogP contribution in [0.5, 0.6) is 0 Å². The van der Waals surface area contributed by atoms with Crippen LogP contribution < -0.4 is 16.0 Å². The lowest BCUT2D eigenvalue weighted by Crippen LogP contribution is -2.51. The van der Waals surface area contributed by atoms with Gasteiger partial charge >= 0.3 is 6.09 Å². The Morgan fingerprint density at radius 2 is 1.96 bits per heavy atom. The number of alkyl carbamates (subject to hydrolysis) is 1. The molecule has 0 radical (unpaired) electrons. The topological polar surface area (TPSA) is 176 Å². The van der Waals surface area contributed by atoms with Crippen molar-refractivity contribution in [3.63, 3.8) is 0 Å². The van der Waals surface area contributed by atoms with Crippen LogP contribution in [0.1, 0.15) is 31.4 Å². The van der Waals surface area contributed by atoms with Crippen molar-refractivity contribution in [2.75, 3.05) is 44.8 Å². The van der Waals surface area contributed by atoms with Crippen molar-refractivity contribution in [3.8, 4) is 0 Å². The molecule has 5 rings (SSSR count). The summed E-state index contributed by atoms with van der Waals surface area (Å²) in [5, 5.41) is 29.0. The van der Waals surface area contributed by atoms with Crippen LogP contribution in [-0.2, 0) is 35.4 Å². The largest absolute Gasteiger partial charge is 0.443 e. The molecule has 2 fully saturated rings. The summed E-state index contributed by atoms with van der Waals surface area (Å²) in [5.74, 6) is -0.549. The van der Waals surface area contributed by atoms with Gasteiger partial charge in [-0.25, -0.2) is 13.2 Å². The Balaban J connectivity index is 1.36. The number of amides is 2. The first-order valence-corrected chi connectivity index (χ1v) is 16.9. The molecule has 250 valence electrons. The van der Waals surface area contributed by atoms with Crippen LogP contribution >= 0.6 is 0 Å². The van der Waals surface area contributed by atoms with Crippen LogP contribution in [-0.4, -0.2) is 98.9 Å². The molecule has 0 aliphatic carbocycles. The fourth-order valence-corrected chi connectivity index (χ4v) is 7.54. The molecule has 14 heteroatoms. The number of sulfonamides is 1. The highest BCUT2D eigenvalue weighted by Crippen LogP contribution is 2.35. The number of rotatable bonds is 14. The summed E-state index contributed by atoms with van der Waals surface area (Å²) in [6.45, 7) is 4.36. The Labute approximate surface area is 269 Å². The number of carbonyl (C=O) groups excluding carboxylic acids is 2. The zero-order valence-electron chi connectivity index (χ0n) is 25.9. The lowest BCUT2D eigenvalue weighted by molar-refractivity contribution is -0.110. The van der Waals surface area contributed by atoms with E-state index in [0.29, 0.717) is 24.3 Å². The fraction of sp³-hybridized carbons (Fsp3) is 0.500. The first-order valence-electron chi connectivity index (χ1n) is 15.5. The Bertz CT molecular complexity index is 1520. The molecule has 2 saturated heterocycles. The maximum Gasteiger partial charge on any atom is 0.407 e. The number of aliphatic hydroxyl groups is 2. The molecule has 0 saturated carbocycles. The van der Waals surface area contributed by atoms with E-state index in [1.165, 1.54) is 28.7 Å². The third-order valence-corrected chi connectivity index (χ3v) is 10.0. The minimum atomic E-state index is -4.17. The van der Waals surface area contributed by atoms with E-state index in [2.05, 4.69) is 16.0 Å². The van der Waals surface area contributed by atoms with Gasteiger partial charge in [-0.1, -0.05) is 44.2 Å². The highest BCUT2D eigenvalue weighted by Gasteiger charge is 2.44. The molecule has 2 amide bonds. The number of ether oxygens (including phenoxy) is 3. The summed E-state index contributed by atoms with van der Waals surface area (Å²) < 4.78 is 46.2. The summed E-state index contributed by atoms with van der Waals surface area (Å²) in [5.41, 5.74) is 1.94. The molecular weight excluding hydrogens is 616 g/mol. The van der Waals surface area contributed by atoms with Gasteiger partial charge < -0.3 is 40.4 Å². The highest BCUT2D eigenvalue weighted by atomic mass is 32.2. The number of benzene rings is 2. The van der Waals surface area contributed by atoms with Crippen molar-refractivity contribution in [1.82, 2.24) is 14.9 Å². The molecule has 0 aromatic heterocycles. The first kappa shape index (κ1) is 33.8. The quantitative estimate of drug-likeness (QED) is 0.148. The van der Waals surface area contributed by atoms with Crippen molar-refractivity contribution in [2.45, 2.75) is 56.1 Å². The molecule has 2 aromatic carbocycles. The van der Waals surface area contributed by atoms with Crippen LogP contribution in [0.25, 0.3) is 5.57 Å². The molecule has 5 atom stereocenters. The molecule has 2 aromatic rings. The summed E-state index contributed by atoms with van der Waals surface area (Å²) in [6.07, 6.45) is -0.536. The van der Waals surface area contributed by atoms with Crippen molar-refractivity contribution >= 4 is 33.3 Å². The molecule has 46 heavy (non-hydrogen) atoms. The molecule has 13 nitrogen and oxygen atoms in total. The van der Waals surface area contributed by atoms with Crippen LogP contribution in [0.15, 0.2) is 59.6 Å². The van der Waals surface area contributed by atoms with Gasteiger partial charge in [0.25, 0.3) is 5.91 Å². The summed E-state index contributed by atoms with van der Waals surface area (Å²) in [4.78, 5) is 25.6. The van der Waals surface area contributed by atoms with E-state index in [1.54, 1.807) is 0 Å². The summed E-state index contributed by atoms with van der Waals surface area (Å²) >= 11 is 0. The molecule has 0 bridgehead atoms. The lowest BCUT2D eigenvalue weighted by atomic mass is 10.0. The number of anilines is 1. The average molecular weight is 659 g/mol. The molecular formula is C32H42N4O9S. The SMILES string of the molecule is CC(C)CN(CC(O)C(Cc1ccccc1)NC(=O)OC1COC2OCCC12)S(=O)(=O)c1ccc2c(c1)C(=CNCCO)C(=O)N2. The zero-order valence-corrected chi connectivity index (χ0v) is 26.7. The van der Waals surface area contributed by atoms with Gasteiger partial charge in [-0.2, -0.15) is 4.31 Å². The molecule has 5 unspecified atom stereocenters. The maximum absolute atomic E-state index is 14.1. The van der Waals surface area contributed by atoms with E-state index in [4.69, 9.17) is 19.3 Å². The van der Waals surface area contributed by atoms with E-state index < -0.39 is 46.6 Å². The minimum absolute atomic E-state index is 0.0507. The second kappa shape index (κ2) is 14.9. The number of carbonyl (C=O) groups is 2. The Morgan fingerprint density at radius 1 is 1.17 bits per heavy atom. The van der Waals surface area contributed by atoms with Gasteiger partial charge in [-0.05, 0) is 42.5 Å². The second-order valence-electron chi connectivity index (χ2n) is 12.1. The van der Waals surface area contributed by atoms with Crippen LogP contribution in [0.4, 0.5) is 10.5 Å². The monoisotopic (exact) mass is 658 g/mol. The van der Waals surface area contributed by atoms with Crippen molar-refractivity contribution < 1.29 is 42.4 Å².